The number of carbonyl (C=O) groups is 1. The number of hydrogen-bond donors (Lipinski definition) is 0. The minimum absolute atomic E-state index is 0.0394. The first-order chi connectivity index (χ1) is 4.04. The lowest BCUT2D eigenvalue weighted by Crippen LogP contribution is -2.20. The fraction of sp³-hybridized carbons (Fsp3) is 0.833. The van der Waals surface area contributed by atoms with E-state index in [9.17, 15) is 4.79 Å². The lowest BCUT2D eigenvalue weighted by atomic mass is 10.3. The molecule has 0 rings (SSSR count). The summed E-state index contributed by atoms with van der Waals surface area (Å²) in [7, 11) is 0. The van der Waals surface area contributed by atoms with Gasteiger partial charge in [-0.2, -0.15) is 0 Å². The highest BCUT2D eigenvalue weighted by Gasteiger charge is 2.10. The van der Waals surface area contributed by atoms with Gasteiger partial charge in [-0.1, -0.05) is 15.9 Å². The number of esters is 1. The van der Waals surface area contributed by atoms with Crippen molar-refractivity contribution < 1.29 is 9.53 Å². The van der Waals surface area contributed by atoms with Gasteiger partial charge in [0.2, 0.25) is 0 Å². The van der Waals surface area contributed by atoms with E-state index in [2.05, 4.69) is 15.9 Å². The van der Waals surface area contributed by atoms with E-state index in [1.807, 2.05) is 13.8 Å². The van der Waals surface area contributed by atoms with E-state index < -0.39 is 0 Å². The molecule has 0 saturated heterocycles. The van der Waals surface area contributed by atoms with Crippen LogP contribution in [0.5, 0.6) is 0 Å². The van der Waals surface area contributed by atoms with Crippen molar-refractivity contribution in [1.82, 2.24) is 0 Å². The highest BCUT2D eigenvalue weighted by atomic mass is 79.9. The molecule has 0 N–H and O–H groups in total. The van der Waals surface area contributed by atoms with Crippen LogP contribution in [0.4, 0.5) is 0 Å². The van der Waals surface area contributed by atoms with Crippen molar-refractivity contribution in [3.8, 4) is 0 Å². The van der Waals surface area contributed by atoms with Gasteiger partial charge in [-0.05, 0) is 13.8 Å². The molecular formula is C6H11BrO2. The molecule has 0 aromatic rings. The van der Waals surface area contributed by atoms with Gasteiger partial charge in [0.25, 0.3) is 0 Å². The zero-order chi connectivity index (χ0) is 7.44. The van der Waals surface area contributed by atoms with Crippen molar-refractivity contribution >= 4 is 21.9 Å². The lowest BCUT2D eigenvalue weighted by Gasteiger charge is -2.12. The Morgan fingerprint density at radius 3 is 2.11 bits per heavy atom. The van der Waals surface area contributed by atoms with Crippen LogP contribution in [0.3, 0.4) is 0 Å². The highest BCUT2D eigenvalue weighted by Crippen LogP contribution is 2.07. The first-order valence-corrected chi connectivity index (χ1v) is 3.77. The first kappa shape index (κ1) is 8.95. The van der Waals surface area contributed by atoms with Gasteiger partial charge in [-0.15, -0.1) is 0 Å². The highest BCUT2D eigenvalue weighted by molar-refractivity contribution is 9.09. The van der Waals surface area contributed by atoms with Crippen LogP contribution < -0.4 is 0 Å². The fourth-order valence-corrected chi connectivity index (χ4v) is 0.463. The fourth-order valence-electron chi connectivity index (χ4n) is 0.356. The minimum atomic E-state index is -0.228. The predicted molar refractivity (Wildman–Crippen MR) is 39.6 cm³/mol. The van der Waals surface area contributed by atoms with Crippen molar-refractivity contribution in [2.75, 3.05) is 0 Å². The zero-order valence-electron chi connectivity index (χ0n) is 5.85. The van der Waals surface area contributed by atoms with Crippen LogP contribution in [0, 0.1) is 0 Å². The maximum atomic E-state index is 10.3. The van der Waals surface area contributed by atoms with E-state index in [-0.39, 0.29) is 16.9 Å². The van der Waals surface area contributed by atoms with Gasteiger partial charge in [-0.3, -0.25) is 4.79 Å². The number of hydrogen-bond acceptors (Lipinski definition) is 2. The average Bonchev–Trinajstić information content (AvgIpc) is 1.63. The maximum Gasteiger partial charge on any atom is 0.302 e. The molecule has 0 spiro atoms. The van der Waals surface area contributed by atoms with Gasteiger partial charge < -0.3 is 4.74 Å². The molecule has 9 heavy (non-hydrogen) atoms. The van der Waals surface area contributed by atoms with Gasteiger partial charge in [0.05, 0.1) is 0 Å². The Hall–Kier alpha value is -0.0500. The second-order valence-corrected chi connectivity index (χ2v) is 3.44. The van der Waals surface area contributed by atoms with Crippen molar-refractivity contribution in [2.24, 2.45) is 0 Å². The molecule has 0 aliphatic heterocycles. The van der Waals surface area contributed by atoms with Gasteiger partial charge in [0.1, 0.15) is 6.10 Å². The third-order valence-corrected chi connectivity index (χ3v) is 1.74. The molecule has 0 fully saturated rings. The van der Waals surface area contributed by atoms with E-state index in [4.69, 9.17) is 4.74 Å². The first-order valence-electron chi connectivity index (χ1n) is 2.85. The summed E-state index contributed by atoms with van der Waals surface area (Å²) in [4.78, 5) is 10.5. The Morgan fingerprint density at radius 1 is 1.56 bits per heavy atom. The van der Waals surface area contributed by atoms with Crippen LogP contribution >= 0.6 is 15.9 Å². The lowest BCUT2D eigenvalue weighted by molar-refractivity contribution is -0.145. The summed E-state index contributed by atoms with van der Waals surface area (Å²) in [6.45, 7) is 5.19. The second kappa shape index (κ2) is 3.88. The minimum Gasteiger partial charge on any atom is -0.462 e. The largest absolute Gasteiger partial charge is 0.462 e. The molecule has 54 valence electrons. The van der Waals surface area contributed by atoms with Gasteiger partial charge in [0, 0.05) is 11.8 Å². The Kier molecular flexibility index (Phi) is 3.86. The van der Waals surface area contributed by atoms with E-state index in [0.29, 0.717) is 0 Å². The van der Waals surface area contributed by atoms with Crippen LogP contribution in [0.1, 0.15) is 20.8 Å². The summed E-state index contributed by atoms with van der Waals surface area (Å²) in [5.41, 5.74) is 0. The Labute approximate surface area is 63.7 Å². The third-order valence-electron chi connectivity index (χ3n) is 0.999. The monoisotopic (exact) mass is 194 g/mol. The molecule has 2 atom stereocenters. The SMILES string of the molecule is CC(=O)OC(C)C(C)Br. The molecule has 0 bridgehead atoms. The number of ether oxygens (including phenoxy) is 1. The zero-order valence-corrected chi connectivity index (χ0v) is 7.44. The topological polar surface area (TPSA) is 26.3 Å². The van der Waals surface area contributed by atoms with Crippen molar-refractivity contribution in [1.29, 1.82) is 0 Å². The van der Waals surface area contributed by atoms with E-state index in [1.54, 1.807) is 0 Å². The summed E-state index contributed by atoms with van der Waals surface area (Å²) in [6, 6.07) is 0. The summed E-state index contributed by atoms with van der Waals surface area (Å²) in [5.74, 6) is -0.228. The Balaban J connectivity index is 3.50. The van der Waals surface area contributed by atoms with E-state index in [0.717, 1.165) is 0 Å². The summed E-state index contributed by atoms with van der Waals surface area (Å²) in [5, 5.41) is 0. The molecule has 2 nitrogen and oxygen atoms in total. The average molecular weight is 195 g/mol. The number of halogens is 1. The van der Waals surface area contributed by atoms with Crippen molar-refractivity contribution in [3.05, 3.63) is 0 Å². The van der Waals surface area contributed by atoms with Crippen LogP contribution in [0.15, 0.2) is 0 Å². The molecule has 0 aliphatic rings. The Bertz CT molecular complexity index is 101. The van der Waals surface area contributed by atoms with Crippen molar-refractivity contribution in [3.63, 3.8) is 0 Å². The van der Waals surface area contributed by atoms with Crippen LogP contribution in [-0.2, 0) is 9.53 Å². The van der Waals surface area contributed by atoms with Gasteiger partial charge in [0.15, 0.2) is 0 Å². The molecule has 0 aromatic heterocycles. The predicted octanol–water partition coefficient (Wildman–Crippen LogP) is 1.72. The number of rotatable bonds is 2. The third kappa shape index (κ3) is 4.45. The summed E-state index contributed by atoms with van der Waals surface area (Å²) < 4.78 is 4.83. The molecule has 0 heterocycles. The molecule has 2 unspecified atom stereocenters. The molecule has 0 aliphatic carbocycles. The second-order valence-electron chi connectivity index (χ2n) is 1.99. The van der Waals surface area contributed by atoms with Crippen molar-refractivity contribution in [2.45, 2.75) is 31.7 Å². The molecule has 0 radical (unpaired) electrons. The quantitative estimate of drug-likeness (QED) is 0.495. The molecule has 0 amide bonds. The molecular weight excluding hydrogens is 184 g/mol. The van der Waals surface area contributed by atoms with Crippen LogP contribution in [-0.4, -0.2) is 16.9 Å². The molecule has 3 heteroatoms. The summed E-state index contributed by atoms with van der Waals surface area (Å²) >= 11 is 3.29. The van der Waals surface area contributed by atoms with Gasteiger partial charge >= 0.3 is 5.97 Å². The van der Waals surface area contributed by atoms with E-state index in [1.165, 1.54) is 6.92 Å². The van der Waals surface area contributed by atoms with Crippen LogP contribution in [0.2, 0.25) is 0 Å². The van der Waals surface area contributed by atoms with E-state index >= 15 is 0 Å². The Morgan fingerprint density at radius 2 is 2.00 bits per heavy atom. The summed E-state index contributed by atoms with van der Waals surface area (Å²) in [6.07, 6.45) is -0.0394. The standard InChI is InChI=1S/C6H11BrO2/c1-4(7)5(2)9-6(3)8/h4-5H,1-3H3. The number of alkyl halides is 1. The number of carbonyl (C=O) groups excluding carboxylic acids is 1. The molecule has 0 aromatic carbocycles. The molecule has 0 saturated carbocycles. The smallest absolute Gasteiger partial charge is 0.302 e. The van der Waals surface area contributed by atoms with Crippen LogP contribution in [0.25, 0.3) is 0 Å². The van der Waals surface area contributed by atoms with Gasteiger partial charge in [-0.25, -0.2) is 0 Å². The maximum absolute atomic E-state index is 10.3. The normalized spacial score (nSPS) is 16.4.